The number of nitrogens with zero attached hydrogens (tertiary/aromatic N) is 5. The van der Waals surface area contributed by atoms with Crippen molar-refractivity contribution < 1.29 is 9.53 Å². The lowest BCUT2D eigenvalue weighted by Gasteiger charge is -2.23. The Morgan fingerprint density at radius 3 is 2.91 bits per heavy atom. The third-order valence-electron chi connectivity index (χ3n) is 3.94. The van der Waals surface area contributed by atoms with Gasteiger partial charge in [-0.3, -0.25) is 19.4 Å². The number of carbonyl (C=O) groups excluding carboxylic acids is 1. The first-order valence-electron chi connectivity index (χ1n) is 7.29. The Bertz CT molecular complexity index is 652. The monoisotopic (exact) mass is 301 g/mol. The number of carbonyl (C=O) groups is 1. The predicted molar refractivity (Wildman–Crippen MR) is 79.8 cm³/mol. The van der Waals surface area contributed by atoms with Gasteiger partial charge in [0.05, 0.1) is 29.8 Å². The van der Waals surface area contributed by atoms with Crippen LogP contribution in [-0.4, -0.2) is 50.8 Å². The van der Waals surface area contributed by atoms with Gasteiger partial charge in [0.1, 0.15) is 12.3 Å². The van der Waals surface area contributed by atoms with Gasteiger partial charge in [0.25, 0.3) is 0 Å². The van der Waals surface area contributed by atoms with Crippen molar-refractivity contribution in [3.05, 3.63) is 30.4 Å². The number of hydrogen-bond acceptors (Lipinski definition) is 5. The van der Waals surface area contributed by atoms with E-state index in [1.165, 1.54) is 7.11 Å². The minimum absolute atomic E-state index is 0.00233. The van der Waals surface area contributed by atoms with Gasteiger partial charge in [0.2, 0.25) is 5.91 Å². The van der Waals surface area contributed by atoms with Gasteiger partial charge in [-0.15, -0.1) is 0 Å². The molecule has 1 aliphatic heterocycles. The maximum Gasteiger partial charge on any atom is 0.249 e. The molecule has 1 atom stereocenters. The Balaban J connectivity index is 1.80. The first-order valence-corrected chi connectivity index (χ1v) is 7.29. The van der Waals surface area contributed by atoms with Crippen molar-refractivity contribution in [1.82, 2.24) is 24.6 Å². The summed E-state index contributed by atoms with van der Waals surface area (Å²) < 4.78 is 6.70. The molecule has 116 valence electrons. The van der Waals surface area contributed by atoms with Crippen molar-refractivity contribution in [2.75, 3.05) is 20.3 Å². The molecule has 0 radical (unpaired) electrons. The summed E-state index contributed by atoms with van der Waals surface area (Å²) in [4.78, 5) is 22.9. The van der Waals surface area contributed by atoms with Crippen molar-refractivity contribution in [2.24, 2.45) is 7.05 Å². The molecular formula is C15H19N5O2. The van der Waals surface area contributed by atoms with Crippen LogP contribution in [0.3, 0.4) is 0 Å². The highest BCUT2D eigenvalue weighted by Crippen LogP contribution is 2.30. The van der Waals surface area contributed by atoms with Gasteiger partial charge in [0.15, 0.2) is 0 Å². The minimum atomic E-state index is -0.00395. The van der Waals surface area contributed by atoms with Crippen LogP contribution in [0, 0.1) is 0 Å². The normalized spacial score (nSPS) is 17.9. The minimum Gasteiger partial charge on any atom is -0.375 e. The number of amides is 1. The summed E-state index contributed by atoms with van der Waals surface area (Å²) in [5.41, 5.74) is 2.52. The molecule has 0 spiro atoms. The lowest BCUT2D eigenvalue weighted by atomic mass is 10.1. The fourth-order valence-corrected chi connectivity index (χ4v) is 2.85. The number of rotatable bonds is 4. The number of methoxy groups -OCH3 is 1. The third kappa shape index (κ3) is 2.71. The van der Waals surface area contributed by atoms with Gasteiger partial charge in [-0.2, -0.15) is 5.10 Å². The molecular weight excluding hydrogens is 282 g/mol. The highest BCUT2D eigenvalue weighted by molar-refractivity contribution is 5.78. The average molecular weight is 301 g/mol. The second kappa shape index (κ2) is 6.23. The Morgan fingerprint density at radius 1 is 1.41 bits per heavy atom. The number of ether oxygens (including phenoxy) is 1. The van der Waals surface area contributed by atoms with Gasteiger partial charge in [-0.05, 0) is 18.9 Å². The standard InChI is InChI=1S/C15H19N5O2/c1-19-13(5-6-18-19)11-8-17-12(9-16-11)14-4-3-7-20(14)15(21)10-22-2/h5-6,8-9,14H,3-4,7,10H2,1-2H3. The molecule has 1 saturated heterocycles. The molecule has 1 amide bonds. The number of aromatic nitrogens is 4. The Morgan fingerprint density at radius 2 is 2.27 bits per heavy atom. The molecule has 2 aromatic heterocycles. The molecule has 0 saturated carbocycles. The summed E-state index contributed by atoms with van der Waals surface area (Å²) in [6, 6.07) is 1.89. The van der Waals surface area contributed by atoms with Crippen LogP contribution in [0.5, 0.6) is 0 Å². The van der Waals surface area contributed by atoms with Crippen molar-refractivity contribution in [2.45, 2.75) is 18.9 Å². The Labute approximate surface area is 128 Å². The van der Waals surface area contributed by atoms with E-state index in [2.05, 4.69) is 15.1 Å². The molecule has 1 fully saturated rings. The van der Waals surface area contributed by atoms with Crippen molar-refractivity contribution >= 4 is 5.91 Å². The maximum absolute atomic E-state index is 12.1. The lowest BCUT2D eigenvalue weighted by Crippen LogP contribution is -2.33. The summed E-state index contributed by atoms with van der Waals surface area (Å²) in [7, 11) is 3.40. The Hall–Kier alpha value is -2.28. The molecule has 7 nitrogen and oxygen atoms in total. The van der Waals surface area contributed by atoms with E-state index in [9.17, 15) is 4.79 Å². The molecule has 22 heavy (non-hydrogen) atoms. The van der Waals surface area contributed by atoms with Crippen molar-refractivity contribution in [3.8, 4) is 11.4 Å². The zero-order chi connectivity index (χ0) is 15.5. The number of aryl methyl sites for hydroxylation is 1. The van der Waals surface area contributed by atoms with Gasteiger partial charge in [-0.1, -0.05) is 0 Å². The van der Waals surface area contributed by atoms with Crippen LogP contribution in [0.25, 0.3) is 11.4 Å². The van der Waals surface area contributed by atoms with Crippen LogP contribution >= 0.6 is 0 Å². The van der Waals surface area contributed by atoms with Gasteiger partial charge in [0, 0.05) is 26.9 Å². The average Bonchev–Trinajstić information content (AvgIpc) is 3.16. The molecule has 2 aromatic rings. The van der Waals surface area contributed by atoms with Gasteiger partial charge >= 0.3 is 0 Å². The van der Waals surface area contributed by atoms with Crippen LogP contribution in [0.2, 0.25) is 0 Å². The number of hydrogen-bond donors (Lipinski definition) is 0. The van der Waals surface area contributed by atoms with E-state index in [1.54, 1.807) is 23.3 Å². The van der Waals surface area contributed by atoms with Crippen LogP contribution < -0.4 is 0 Å². The largest absolute Gasteiger partial charge is 0.375 e. The van der Waals surface area contributed by atoms with Crippen molar-refractivity contribution in [1.29, 1.82) is 0 Å². The molecule has 1 unspecified atom stereocenters. The highest BCUT2D eigenvalue weighted by Gasteiger charge is 2.30. The molecule has 3 heterocycles. The SMILES string of the molecule is COCC(=O)N1CCCC1c1cnc(-c2ccnn2C)cn1. The Kier molecular flexibility index (Phi) is 4.15. The summed E-state index contributed by atoms with van der Waals surface area (Å²) in [5.74, 6) is 0.00233. The van der Waals surface area contributed by atoms with Gasteiger partial charge < -0.3 is 9.64 Å². The smallest absolute Gasteiger partial charge is 0.249 e. The quantitative estimate of drug-likeness (QED) is 0.848. The molecule has 0 aromatic carbocycles. The molecule has 1 aliphatic rings. The van der Waals surface area contributed by atoms with E-state index in [-0.39, 0.29) is 18.6 Å². The summed E-state index contributed by atoms with van der Waals surface area (Å²) in [6.45, 7) is 0.856. The molecule has 3 rings (SSSR count). The lowest BCUT2D eigenvalue weighted by molar-refractivity contribution is -0.136. The third-order valence-corrected chi connectivity index (χ3v) is 3.94. The van der Waals surface area contributed by atoms with Crippen molar-refractivity contribution in [3.63, 3.8) is 0 Å². The van der Waals surface area contributed by atoms with E-state index in [1.807, 2.05) is 18.0 Å². The predicted octanol–water partition coefficient (Wildman–Crippen LogP) is 1.19. The molecule has 0 bridgehead atoms. The topological polar surface area (TPSA) is 73.1 Å². The molecule has 0 N–H and O–H groups in total. The van der Waals surface area contributed by atoms with E-state index in [4.69, 9.17) is 4.74 Å². The fraction of sp³-hybridized carbons (Fsp3) is 0.467. The molecule has 0 aliphatic carbocycles. The highest BCUT2D eigenvalue weighted by atomic mass is 16.5. The van der Waals surface area contributed by atoms with Crippen LogP contribution in [0.4, 0.5) is 0 Å². The van der Waals surface area contributed by atoms with Gasteiger partial charge in [-0.25, -0.2) is 0 Å². The molecule has 7 heteroatoms. The first-order chi connectivity index (χ1) is 10.7. The van der Waals surface area contributed by atoms with E-state index in [0.717, 1.165) is 36.5 Å². The summed E-state index contributed by atoms with van der Waals surface area (Å²) in [5, 5.41) is 4.13. The second-order valence-corrected chi connectivity index (χ2v) is 5.34. The summed E-state index contributed by atoms with van der Waals surface area (Å²) in [6.07, 6.45) is 7.11. The second-order valence-electron chi connectivity index (χ2n) is 5.34. The zero-order valence-corrected chi connectivity index (χ0v) is 12.8. The van der Waals surface area contributed by atoms with E-state index >= 15 is 0 Å². The fourth-order valence-electron chi connectivity index (χ4n) is 2.85. The van der Waals surface area contributed by atoms with E-state index < -0.39 is 0 Å². The maximum atomic E-state index is 12.1. The van der Waals surface area contributed by atoms with Crippen LogP contribution in [-0.2, 0) is 16.6 Å². The first kappa shape index (κ1) is 14.6. The van der Waals surface area contributed by atoms with E-state index in [0.29, 0.717) is 0 Å². The zero-order valence-electron chi connectivity index (χ0n) is 12.8. The van der Waals surface area contributed by atoms with Crippen LogP contribution in [0.15, 0.2) is 24.7 Å². The van der Waals surface area contributed by atoms with Crippen LogP contribution in [0.1, 0.15) is 24.6 Å². The number of likely N-dealkylation sites (tertiary alicyclic amines) is 1. The summed E-state index contributed by atoms with van der Waals surface area (Å²) >= 11 is 0.